The molecule has 1 saturated heterocycles. The number of carbonyl (C=O) groups excluding carboxylic acids is 2. The molecule has 0 unspecified atom stereocenters. The number of piperazine rings is 1. The summed E-state index contributed by atoms with van der Waals surface area (Å²) in [6.07, 6.45) is 1.31. The lowest BCUT2D eigenvalue weighted by Gasteiger charge is -2.33. The van der Waals surface area contributed by atoms with E-state index in [-0.39, 0.29) is 43.6 Å². The zero-order valence-electron chi connectivity index (χ0n) is 15.7. The minimum atomic E-state index is -3.63. The van der Waals surface area contributed by atoms with Gasteiger partial charge in [-0.3, -0.25) is 4.79 Å². The van der Waals surface area contributed by atoms with E-state index in [9.17, 15) is 18.0 Å². The number of esters is 1. The second kappa shape index (κ2) is 9.01. The number of nitrogens with zero attached hydrogens (tertiary/aromatic N) is 2. The van der Waals surface area contributed by atoms with E-state index in [1.54, 1.807) is 26.0 Å². The smallest absolute Gasteiger partial charge is 0.331 e. The van der Waals surface area contributed by atoms with Crippen LogP contribution in [0.5, 0.6) is 5.75 Å². The molecule has 27 heavy (non-hydrogen) atoms. The number of carbonyl (C=O) groups is 2. The van der Waals surface area contributed by atoms with Crippen LogP contribution >= 0.6 is 0 Å². The highest BCUT2D eigenvalue weighted by molar-refractivity contribution is 7.89. The number of hydrogen-bond acceptors (Lipinski definition) is 6. The third kappa shape index (κ3) is 5.54. The average molecular weight is 396 g/mol. The Morgan fingerprint density at radius 3 is 2.19 bits per heavy atom. The normalized spacial score (nSPS) is 15.1. The highest BCUT2D eigenvalue weighted by Gasteiger charge is 2.30. The molecule has 0 saturated carbocycles. The van der Waals surface area contributed by atoms with Gasteiger partial charge in [0.15, 0.2) is 6.61 Å². The second-order valence-corrected chi connectivity index (χ2v) is 8.23. The molecule has 1 heterocycles. The van der Waals surface area contributed by atoms with Crippen LogP contribution in [0.1, 0.15) is 13.8 Å². The molecule has 1 aliphatic heterocycles. The molecule has 0 N–H and O–H groups in total. The predicted molar refractivity (Wildman–Crippen MR) is 98.7 cm³/mol. The second-order valence-electron chi connectivity index (χ2n) is 6.29. The van der Waals surface area contributed by atoms with E-state index in [1.165, 1.54) is 34.5 Å². The molecule has 0 aromatic heterocycles. The maximum Gasteiger partial charge on any atom is 0.331 e. The lowest BCUT2D eigenvalue weighted by Crippen LogP contribution is -2.51. The molecule has 1 aromatic carbocycles. The fourth-order valence-corrected chi connectivity index (χ4v) is 4.00. The van der Waals surface area contributed by atoms with Gasteiger partial charge in [-0.15, -0.1) is 0 Å². The van der Waals surface area contributed by atoms with Crippen LogP contribution in [0.4, 0.5) is 0 Å². The van der Waals surface area contributed by atoms with Gasteiger partial charge in [0, 0.05) is 32.3 Å². The molecular weight excluding hydrogens is 372 g/mol. The summed E-state index contributed by atoms with van der Waals surface area (Å²) >= 11 is 0. The van der Waals surface area contributed by atoms with E-state index in [1.807, 2.05) is 0 Å². The highest BCUT2D eigenvalue weighted by Crippen LogP contribution is 2.20. The van der Waals surface area contributed by atoms with E-state index in [2.05, 4.69) is 0 Å². The van der Waals surface area contributed by atoms with Gasteiger partial charge in [-0.05, 0) is 38.1 Å². The van der Waals surface area contributed by atoms with Gasteiger partial charge in [-0.1, -0.05) is 5.57 Å². The molecule has 9 heteroatoms. The van der Waals surface area contributed by atoms with E-state index >= 15 is 0 Å². The zero-order valence-corrected chi connectivity index (χ0v) is 16.5. The van der Waals surface area contributed by atoms with Gasteiger partial charge in [-0.25, -0.2) is 13.2 Å². The predicted octanol–water partition coefficient (Wildman–Crippen LogP) is 1.04. The molecular formula is C18H24N2O6S. The first-order chi connectivity index (χ1) is 12.7. The summed E-state index contributed by atoms with van der Waals surface area (Å²) in [6, 6.07) is 6.17. The first-order valence-corrected chi connectivity index (χ1v) is 9.91. The van der Waals surface area contributed by atoms with E-state index in [0.29, 0.717) is 5.75 Å². The van der Waals surface area contributed by atoms with Crippen molar-refractivity contribution < 1.29 is 27.5 Å². The number of allylic oxidation sites excluding steroid dienone is 1. The van der Waals surface area contributed by atoms with Gasteiger partial charge in [0.2, 0.25) is 10.0 Å². The molecule has 0 bridgehead atoms. The fourth-order valence-electron chi connectivity index (χ4n) is 2.58. The molecule has 1 aliphatic rings. The molecule has 148 valence electrons. The summed E-state index contributed by atoms with van der Waals surface area (Å²) in [5, 5.41) is 0. The van der Waals surface area contributed by atoms with Gasteiger partial charge in [0.25, 0.3) is 5.91 Å². The molecule has 1 amide bonds. The van der Waals surface area contributed by atoms with E-state index in [0.717, 1.165) is 5.57 Å². The summed E-state index contributed by atoms with van der Waals surface area (Å²) in [6.45, 7) is 4.01. The van der Waals surface area contributed by atoms with E-state index in [4.69, 9.17) is 9.47 Å². The van der Waals surface area contributed by atoms with Crippen molar-refractivity contribution in [2.24, 2.45) is 0 Å². The van der Waals surface area contributed by atoms with Crippen molar-refractivity contribution in [3.05, 3.63) is 35.9 Å². The maximum absolute atomic E-state index is 12.7. The summed E-state index contributed by atoms with van der Waals surface area (Å²) < 4.78 is 36.7. The summed E-state index contributed by atoms with van der Waals surface area (Å²) in [7, 11) is -2.12. The Balaban J connectivity index is 1.91. The topological polar surface area (TPSA) is 93.2 Å². The Morgan fingerprint density at radius 2 is 1.67 bits per heavy atom. The number of hydrogen-bond donors (Lipinski definition) is 0. The van der Waals surface area contributed by atoms with Crippen molar-refractivity contribution in [3.63, 3.8) is 0 Å². The van der Waals surface area contributed by atoms with Crippen LogP contribution in [0.25, 0.3) is 0 Å². The highest BCUT2D eigenvalue weighted by atomic mass is 32.2. The largest absolute Gasteiger partial charge is 0.497 e. The van der Waals surface area contributed by atoms with Gasteiger partial charge in [0.05, 0.1) is 12.0 Å². The maximum atomic E-state index is 12.7. The van der Waals surface area contributed by atoms with Gasteiger partial charge in [0.1, 0.15) is 5.75 Å². The quantitative estimate of drug-likeness (QED) is 0.527. The minimum Gasteiger partial charge on any atom is -0.497 e. The van der Waals surface area contributed by atoms with Crippen LogP contribution in [0.3, 0.4) is 0 Å². The first-order valence-electron chi connectivity index (χ1n) is 8.47. The van der Waals surface area contributed by atoms with Gasteiger partial charge in [-0.2, -0.15) is 4.31 Å². The molecule has 0 aliphatic carbocycles. The molecule has 1 fully saturated rings. The minimum absolute atomic E-state index is 0.179. The van der Waals surface area contributed by atoms with Crippen molar-refractivity contribution in [1.29, 1.82) is 0 Å². The van der Waals surface area contributed by atoms with Crippen molar-refractivity contribution >= 4 is 21.9 Å². The van der Waals surface area contributed by atoms with Crippen LogP contribution in [0, 0.1) is 0 Å². The number of rotatable bonds is 6. The lowest BCUT2D eigenvalue weighted by atomic mass is 10.3. The number of methoxy groups -OCH3 is 1. The van der Waals surface area contributed by atoms with Crippen molar-refractivity contribution in [3.8, 4) is 5.75 Å². The Labute approximate surface area is 159 Å². The Kier molecular flexibility index (Phi) is 6.98. The SMILES string of the molecule is COc1ccc(S(=O)(=O)N2CCN(C(=O)COC(=O)C=C(C)C)CC2)cc1. The third-order valence-corrected chi connectivity index (χ3v) is 5.95. The Bertz CT molecular complexity index is 805. The van der Waals surface area contributed by atoms with Crippen molar-refractivity contribution in [2.75, 3.05) is 39.9 Å². The molecule has 8 nitrogen and oxygen atoms in total. The standard InChI is InChI=1S/C18H24N2O6S/c1-14(2)12-18(22)26-13-17(21)19-8-10-20(11-9-19)27(23,24)16-6-4-15(25-3)5-7-16/h4-7,12H,8-11,13H2,1-3H3. The Hall–Kier alpha value is -2.39. The average Bonchev–Trinajstić information content (AvgIpc) is 2.65. The summed E-state index contributed by atoms with van der Waals surface area (Å²) in [5.74, 6) is -0.330. The lowest BCUT2D eigenvalue weighted by molar-refractivity contribution is -0.148. The van der Waals surface area contributed by atoms with Crippen LogP contribution in [-0.2, 0) is 24.3 Å². The number of amides is 1. The van der Waals surface area contributed by atoms with Crippen molar-refractivity contribution in [2.45, 2.75) is 18.7 Å². The van der Waals surface area contributed by atoms with Crippen molar-refractivity contribution in [1.82, 2.24) is 9.21 Å². The fraction of sp³-hybridized carbons (Fsp3) is 0.444. The molecule has 0 radical (unpaired) electrons. The molecule has 1 aromatic rings. The van der Waals surface area contributed by atoms with E-state index < -0.39 is 16.0 Å². The zero-order chi connectivity index (χ0) is 20.0. The van der Waals surface area contributed by atoms with Gasteiger partial charge >= 0.3 is 5.97 Å². The van der Waals surface area contributed by atoms with Gasteiger partial charge < -0.3 is 14.4 Å². The monoisotopic (exact) mass is 396 g/mol. The number of ether oxygens (including phenoxy) is 2. The molecule has 0 spiro atoms. The summed E-state index contributed by atoms with van der Waals surface area (Å²) in [4.78, 5) is 25.3. The van der Waals surface area contributed by atoms with Crippen LogP contribution < -0.4 is 4.74 Å². The number of sulfonamides is 1. The van der Waals surface area contributed by atoms with Crippen LogP contribution in [0.15, 0.2) is 40.8 Å². The Morgan fingerprint density at radius 1 is 1.07 bits per heavy atom. The summed E-state index contributed by atoms with van der Waals surface area (Å²) in [5.41, 5.74) is 0.782. The molecule has 2 rings (SSSR count). The third-order valence-electron chi connectivity index (χ3n) is 4.03. The first kappa shape index (κ1) is 20.9. The van der Waals surface area contributed by atoms with Crippen LogP contribution in [-0.4, -0.2) is 69.4 Å². The van der Waals surface area contributed by atoms with Crippen LogP contribution in [0.2, 0.25) is 0 Å². The molecule has 0 atom stereocenters. The number of benzene rings is 1.